The number of rotatable bonds is 7. The number of nitrogens with one attached hydrogen (secondary N) is 1. The van der Waals surface area contributed by atoms with Crippen LogP contribution in [0.15, 0.2) is 42.5 Å². The van der Waals surface area contributed by atoms with Gasteiger partial charge >= 0.3 is 0 Å². The number of carbonyl (C=O) groups is 1. The maximum atomic E-state index is 11.1. The highest BCUT2D eigenvalue weighted by Crippen LogP contribution is 2.00. The second kappa shape index (κ2) is 8.53. The number of hydrogen-bond acceptors (Lipinski definition) is 2. The molecule has 0 bridgehead atoms. The Hall–Kier alpha value is -1.61. The Morgan fingerprint density at radius 2 is 2.12 bits per heavy atom. The summed E-state index contributed by atoms with van der Waals surface area (Å²) in [5, 5.41) is 2.78. The van der Waals surface area contributed by atoms with Gasteiger partial charge in [-0.15, -0.1) is 0 Å². The summed E-state index contributed by atoms with van der Waals surface area (Å²) in [4.78, 5) is 11.1. The van der Waals surface area contributed by atoms with Crippen LogP contribution in [0.5, 0.6) is 0 Å². The third-order valence-electron chi connectivity index (χ3n) is 2.19. The number of ether oxygens (including phenoxy) is 1. The van der Waals surface area contributed by atoms with Crippen LogP contribution >= 0.6 is 0 Å². The van der Waals surface area contributed by atoms with Crippen molar-refractivity contribution in [2.75, 3.05) is 13.2 Å². The fourth-order valence-electron chi connectivity index (χ4n) is 1.36. The SMILES string of the molecule is C/C=C/C(=O)NCCCOCc1ccccc1. The molecule has 92 valence electrons. The summed E-state index contributed by atoms with van der Waals surface area (Å²) in [6.45, 7) is 3.76. The van der Waals surface area contributed by atoms with Crippen molar-refractivity contribution in [1.82, 2.24) is 5.32 Å². The number of allylic oxidation sites excluding steroid dienone is 1. The average Bonchev–Trinajstić information content (AvgIpc) is 2.35. The minimum atomic E-state index is -0.0458. The summed E-state index contributed by atoms with van der Waals surface area (Å²) >= 11 is 0. The van der Waals surface area contributed by atoms with E-state index in [-0.39, 0.29) is 5.91 Å². The monoisotopic (exact) mass is 233 g/mol. The van der Waals surface area contributed by atoms with Crippen LogP contribution in [-0.4, -0.2) is 19.1 Å². The van der Waals surface area contributed by atoms with E-state index in [1.54, 1.807) is 6.08 Å². The molecule has 0 aliphatic heterocycles. The molecule has 0 spiro atoms. The van der Waals surface area contributed by atoms with E-state index in [1.165, 1.54) is 11.6 Å². The van der Waals surface area contributed by atoms with E-state index >= 15 is 0 Å². The van der Waals surface area contributed by atoms with Crippen molar-refractivity contribution in [3.8, 4) is 0 Å². The van der Waals surface area contributed by atoms with Crippen molar-refractivity contribution in [2.45, 2.75) is 20.0 Å². The fourth-order valence-corrected chi connectivity index (χ4v) is 1.36. The molecular weight excluding hydrogens is 214 g/mol. The number of hydrogen-bond donors (Lipinski definition) is 1. The summed E-state index contributed by atoms with van der Waals surface area (Å²) < 4.78 is 5.49. The molecule has 3 nitrogen and oxygen atoms in total. The lowest BCUT2D eigenvalue weighted by Gasteiger charge is -2.04. The van der Waals surface area contributed by atoms with Gasteiger partial charge in [0.25, 0.3) is 0 Å². The average molecular weight is 233 g/mol. The van der Waals surface area contributed by atoms with Gasteiger partial charge in [0.15, 0.2) is 0 Å². The van der Waals surface area contributed by atoms with E-state index in [0.29, 0.717) is 19.8 Å². The van der Waals surface area contributed by atoms with Crippen molar-refractivity contribution in [3.63, 3.8) is 0 Å². The molecule has 0 atom stereocenters. The second-order valence-corrected chi connectivity index (χ2v) is 3.68. The van der Waals surface area contributed by atoms with Gasteiger partial charge in [-0.3, -0.25) is 4.79 Å². The molecule has 0 saturated carbocycles. The second-order valence-electron chi connectivity index (χ2n) is 3.68. The third-order valence-corrected chi connectivity index (χ3v) is 2.19. The van der Waals surface area contributed by atoms with Gasteiger partial charge in [0.05, 0.1) is 6.61 Å². The molecule has 0 heterocycles. The van der Waals surface area contributed by atoms with Gasteiger partial charge in [0.2, 0.25) is 5.91 Å². The van der Waals surface area contributed by atoms with Crippen LogP contribution in [0.1, 0.15) is 18.9 Å². The molecule has 0 aliphatic rings. The van der Waals surface area contributed by atoms with Gasteiger partial charge in [-0.05, 0) is 25.0 Å². The first-order chi connectivity index (χ1) is 8.33. The lowest BCUT2D eigenvalue weighted by Crippen LogP contribution is -2.23. The topological polar surface area (TPSA) is 38.3 Å². The third kappa shape index (κ3) is 6.53. The molecule has 17 heavy (non-hydrogen) atoms. The highest BCUT2D eigenvalue weighted by atomic mass is 16.5. The standard InChI is InChI=1S/C14H19NO2/c1-2-7-14(16)15-10-6-11-17-12-13-8-4-3-5-9-13/h2-5,7-9H,6,10-12H2,1H3,(H,15,16)/b7-2+. The van der Waals surface area contributed by atoms with E-state index < -0.39 is 0 Å². The summed E-state index contributed by atoms with van der Waals surface area (Å²) in [7, 11) is 0. The van der Waals surface area contributed by atoms with E-state index in [2.05, 4.69) is 5.32 Å². The molecule has 0 radical (unpaired) electrons. The summed E-state index contributed by atoms with van der Waals surface area (Å²) in [6, 6.07) is 10.0. The Kier molecular flexibility index (Phi) is 6.75. The molecule has 0 fully saturated rings. The Balaban J connectivity index is 2.00. The quantitative estimate of drug-likeness (QED) is 0.579. The molecule has 1 amide bonds. The van der Waals surface area contributed by atoms with Crippen LogP contribution in [-0.2, 0) is 16.1 Å². The summed E-state index contributed by atoms with van der Waals surface area (Å²) in [5.41, 5.74) is 1.17. The van der Waals surface area contributed by atoms with E-state index in [0.717, 1.165) is 6.42 Å². The molecule has 1 N–H and O–H groups in total. The Morgan fingerprint density at radius 1 is 1.35 bits per heavy atom. The van der Waals surface area contributed by atoms with E-state index in [1.807, 2.05) is 37.3 Å². The highest BCUT2D eigenvalue weighted by molar-refractivity contribution is 5.87. The van der Waals surface area contributed by atoms with Crippen LogP contribution in [0.3, 0.4) is 0 Å². The predicted molar refractivity (Wildman–Crippen MR) is 68.5 cm³/mol. The first kappa shape index (κ1) is 13.5. The minimum Gasteiger partial charge on any atom is -0.377 e. The molecule has 0 unspecified atom stereocenters. The summed E-state index contributed by atoms with van der Waals surface area (Å²) in [5.74, 6) is -0.0458. The fraction of sp³-hybridized carbons (Fsp3) is 0.357. The number of benzene rings is 1. The van der Waals surface area contributed by atoms with Gasteiger partial charge in [0.1, 0.15) is 0 Å². The molecule has 1 aromatic rings. The highest BCUT2D eigenvalue weighted by Gasteiger charge is 1.94. The number of carbonyl (C=O) groups excluding carboxylic acids is 1. The molecule has 3 heteroatoms. The van der Waals surface area contributed by atoms with Gasteiger partial charge in [-0.25, -0.2) is 0 Å². The molecule has 0 saturated heterocycles. The predicted octanol–water partition coefficient (Wildman–Crippen LogP) is 2.29. The van der Waals surface area contributed by atoms with Crippen LogP contribution in [0, 0.1) is 0 Å². The zero-order chi connectivity index (χ0) is 12.3. The van der Waals surface area contributed by atoms with Crippen LogP contribution in [0.4, 0.5) is 0 Å². The Labute approximate surface area is 102 Å². The lowest BCUT2D eigenvalue weighted by atomic mass is 10.2. The van der Waals surface area contributed by atoms with Crippen molar-refractivity contribution >= 4 is 5.91 Å². The summed E-state index contributed by atoms with van der Waals surface area (Å²) in [6.07, 6.45) is 4.07. The maximum Gasteiger partial charge on any atom is 0.243 e. The van der Waals surface area contributed by atoms with Crippen molar-refractivity contribution in [1.29, 1.82) is 0 Å². The smallest absolute Gasteiger partial charge is 0.243 e. The maximum absolute atomic E-state index is 11.1. The zero-order valence-electron chi connectivity index (χ0n) is 10.2. The normalized spacial score (nSPS) is 10.6. The largest absolute Gasteiger partial charge is 0.377 e. The Bertz CT molecular complexity index is 346. The van der Waals surface area contributed by atoms with Gasteiger partial charge in [0, 0.05) is 13.2 Å². The minimum absolute atomic E-state index is 0.0458. The van der Waals surface area contributed by atoms with Gasteiger partial charge in [-0.2, -0.15) is 0 Å². The van der Waals surface area contributed by atoms with Crippen LogP contribution < -0.4 is 5.32 Å². The Morgan fingerprint density at radius 3 is 2.82 bits per heavy atom. The molecule has 0 aliphatic carbocycles. The van der Waals surface area contributed by atoms with E-state index in [9.17, 15) is 4.79 Å². The zero-order valence-corrected chi connectivity index (χ0v) is 10.2. The first-order valence-corrected chi connectivity index (χ1v) is 5.85. The number of amides is 1. The van der Waals surface area contributed by atoms with E-state index in [4.69, 9.17) is 4.74 Å². The van der Waals surface area contributed by atoms with Crippen molar-refractivity contribution in [2.24, 2.45) is 0 Å². The molecule has 0 aromatic heterocycles. The van der Waals surface area contributed by atoms with Crippen LogP contribution in [0.2, 0.25) is 0 Å². The van der Waals surface area contributed by atoms with Gasteiger partial charge < -0.3 is 10.1 Å². The molecule has 1 aromatic carbocycles. The van der Waals surface area contributed by atoms with Crippen molar-refractivity contribution in [3.05, 3.63) is 48.0 Å². The van der Waals surface area contributed by atoms with Crippen LogP contribution in [0.25, 0.3) is 0 Å². The lowest BCUT2D eigenvalue weighted by molar-refractivity contribution is -0.116. The van der Waals surface area contributed by atoms with Gasteiger partial charge in [-0.1, -0.05) is 36.4 Å². The van der Waals surface area contributed by atoms with Crippen molar-refractivity contribution < 1.29 is 9.53 Å². The molecular formula is C14H19NO2. The first-order valence-electron chi connectivity index (χ1n) is 5.85. The molecule has 1 rings (SSSR count).